The molecule has 0 amide bonds. The highest BCUT2D eigenvalue weighted by Gasteiger charge is 2.35. The van der Waals surface area contributed by atoms with Crippen molar-refractivity contribution in [1.29, 1.82) is 0 Å². The molecule has 1 aliphatic heterocycles. The number of hydrogen-bond acceptors (Lipinski definition) is 4. The molecule has 6 nitrogen and oxygen atoms in total. The molecule has 1 unspecified atom stereocenters. The molecule has 3 rings (SSSR count). The molecule has 1 atom stereocenters. The molecule has 0 spiro atoms. The smallest absolute Gasteiger partial charge is 0.303 e. The van der Waals surface area contributed by atoms with Crippen molar-refractivity contribution in [2.45, 2.75) is 44.0 Å². The van der Waals surface area contributed by atoms with E-state index < -0.39 is 16.0 Å². The number of anilines is 1. The Labute approximate surface area is 159 Å². The summed E-state index contributed by atoms with van der Waals surface area (Å²) < 4.78 is 33.5. The lowest BCUT2D eigenvalue weighted by Crippen LogP contribution is -2.35. The first-order chi connectivity index (χ1) is 12.8. The number of para-hydroxylation sites is 1. The zero-order valence-corrected chi connectivity index (χ0v) is 16.2. The first-order valence-corrected chi connectivity index (χ1v) is 10.3. The van der Waals surface area contributed by atoms with E-state index in [9.17, 15) is 13.2 Å². The topological polar surface area (TPSA) is 83.9 Å². The molecular formula is C20H23NO5S. The number of benzene rings is 2. The van der Waals surface area contributed by atoms with Crippen LogP contribution in [0.1, 0.15) is 30.9 Å². The van der Waals surface area contributed by atoms with Crippen LogP contribution in [0, 0.1) is 6.92 Å². The highest BCUT2D eigenvalue weighted by atomic mass is 32.2. The number of hydrogen-bond donors (Lipinski definition) is 1. The number of aliphatic carboxylic acids is 1. The molecule has 0 radical (unpaired) electrons. The van der Waals surface area contributed by atoms with E-state index in [-0.39, 0.29) is 24.0 Å². The Morgan fingerprint density at radius 2 is 2.00 bits per heavy atom. The summed E-state index contributed by atoms with van der Waals surface area (Å²) in [5.74, 6) is -0.300. The Morgan fingerprint density at radius 3 is 2.70 bits per heavy atom. The van der Waals surface area contributed by atoms with Gasteiger partial charge in [0.2, 0.25) is 0 Å². The Morgan fingerprint density at radius 1 is 1.26 bits per heavy atom. The zero-order chi connectivity index (χ0) is 19.6. The number of aryl methyl sites for hydroxylation is 1. The minimum atomic E-state index is -3.68. The van der Waals surface area contributed by atoms with Crippen LogP contribution in [0.2, 0.25) is 0 Å². The molecule has 0 bridgehead atoms. The minimum absolute atomic E-state index is 0.0395. The van der Waals surface area contributed by atoms with E-state index in [1.807, 2.05) is 31.2 Å². The monoisotopic (exact) mass is 389 g/mol. The standard InChI is InChI=1S/C20H23NO5S/c1-14-12-17(9-10-19(14)26-11-5-8-20(22)23)27(24,25)21-15(2)13-16-6-3-4-7-18(16)21/h3-4,6-7,9-10,12,15H,5,8,11,13H2,1-2H3,(H,22,23). The van der Waals surface area contributed by atoms with E-state index in [0.29, 0.717) is 24.2 Å². The van der Waals surface area contributed by atoms with Crippen LogP contribution in [0.5, 0.6) is 5.75 Å². The molecule has 0 aromatic heterocycles. The van der Waals surface area contributed by atoms with E-state index >= 15 is 0 Å². The van der Waals surface area contributed by atoms with Crippen molar-refractivity contribution in [2.75, 3.05) is 10.9 Å². The maximum absolute atomic E-state index is 13.2. The van der Waals surface area contributed by atoms with Gasteiger partial charge in [-0.3, -0.25) is 9.10 Å². The second kappa shape index (κ2) is 7.60. The molecule has 2 aromatic rings. The molecule has 1 heterocycles. The van der Waals surface area contributed by atoms with Gasteiger partial charge in [-0.25, -0.2) is 8.42 Å². The predicted octanol–water partition coefficient (Wildman–Crippen LogP) is 3.38. The number of sulfonamides is 1. The fraction of sp³-hybridized carbons (Fsp3) is 0.350. The average molecular weight is 389 g/mol. The van der Waals surface area contributed by atoms with Crippen LogP contribution in [0.3, 0.4) is 0 Å². The molecule has 1 aliphatic rings. The van der Waals surface area contributed by atoms with Crippen molar-refractivity contribution in [1.82, 2.24) is 0 Å². The SMILES string of the molecule is Cc1cc(S(=O)(=O)N2c3ccccc3CC2C)ccc1OCCCC(=O)O. The van der Waals surface area contributed by atoms with Crippen LogP contribution in [0.25, 0.3) is 0 Å². The third-order valence-corrected chi connectivity index (χ3v) is 6.56. The molecular weight excluding hydrogens is 366 g/mol. The van der Waals surface area contributed by atoms with Gasteiger partial charge in [0.05, 0.1) is 17.2 Å². The van der Waals surface area contributed by atoms with E-state index in [1.165, 1.54) is 4.31 Å². The number of ether oxygens (including phenoxy) is 1. The van der Waals surface area contributed by atoms with Crippen molar-refractivity contribution in [3.05, 3.63) is 53.6 Å². The molecule has 0 saturated heterocycles. The van der Waals surface area contributed by atoms with Crippen LogP contribution < -0.4 is 9.04 Å². The summed E-state index contributed by atoms with van der Waals surface area (Å²) in [5, 5.41) is 8.66. The lowest BCUT2D eigenvalue weighted by Gasteiger charge is -2.25. The third-order valence-electron chi connectivity index (χ3n) is 4.64. The fourth-order valence-electron chi connectivity index (χ4n) is 3.37. The first kappa shape index (κ1) is 19.2. The summed E-state index contributed by atoms with van der Waals surface area (Å²) in [6.07, 6.45) is 1.13. The quantitative estimate of drug-likeness (QED) is 0.734. The average Bonchev–Trinajstić information content (AvgIpc) is 2.95. The summed E-state index contributed by atoms with van der Waals surface area (Å²) in [7, 11) is -3.68. The molecule has 7 heteroatoms. The normalized spacial score (nSPS) is 16.2. The fourth-order valence-corrected chi connectivity index (χ4v) is 5.15. The summed E-state index contributed by atoms with van der Waals surface area (Å²) in [6.45, 7) is 3.97. The number of fused-ring (bicyclic) bond motifs is 1. The summed E-state index contributed by atoms with van der Waals surface area (Å²) in [6, 6.07) is 12.2. The maximum atomic E-state index is 13.2. The van der Waals surface area contributed by atoms with Gasteiger partial charge in [0.1, 0.15) is 5.75 Å². The minimum Gasteiger partial charge on any atom is -0.493 e. The van der Waals surface area contributed by atoms with Crippen molar-refractivity contribution in [3.63, 3.8) is 0 Å². The van der Waals surface area contributed by atoms with Crippen molar-refractivity contribution < 1.29 is 23.1 Å². The predicted molar refractivity (Wildman–Crippen MR) is 103 cm³/mol. The molecule has 0 aliphatic carbocycles. The van der Waals surface area contributed by atoms with Crippen LogP contribution in [-0.2, 0) is 21.2 Å². The second-order valence-corrected chi connectivity index (χ2v) is 8.57. The van der Waals surface area contributed by atoms with Crippen molar-refractivity contribution >= 4 is 21.7 Å². The summed E-state index contributed by atoms with van der Waals surface area (Å²) in [5.41, 5.74) is 2.46. The van der Waals surface area contributed by atoms with Crippen molar-refractivity contribution in [2.24, 2.45) is 0 Å². The molecule has 0 fully saturated rings. The molecule has 1 N–H and O–H groups in total. The van der Waals surface area contributed by atoms with Crippen LogP contribution in [-0.4, -0.2) is 32.1 Å². The Kier molecular flexibility index (Phi) is 5.41. The molecule has 27 heavy (non-hydrogen) atoms. The van der Waals surface area contributed by atoms with Gasteiger partial charge < -0.3 is 9.84 Å². The largest absolute Gasteiger partial charge is 0.493 e. The summed E-state index contributed by atoms with van der Waals surface area (Å²) >= 11 is 0. The molecule has 0 saturated carbocycles. The highest BCUT2D eigenvalue weighted by molar-refractivity contribution is 7.92. The number of rotatable bonds is 7. The molecule has 2 aromatic carbocycles. The van der Waals surface area contributed by atoms with E-state index in [0.717, 1.165) is 11.3 Å². The Balaban J connectivity index is 1.82. The van der Waals surface area contributed by atoms with Gasteiger partial charge in [0, 0.05) is 12.5 Å². The van der Waals surface area contributed by atoms with E-state index in [1.54, 1.807) is 25.1 Å². The zero-order valence-electron chi connectivity index (χ0n) is 15.4. The third kappa shape index (κ3) is 3.93. The van der Waals surface area contributed by atoms with E-state index in [4.69, 9.17) is 9.84 Å². The Bertz CT molecular complexity index is 955. The lowest BCUT2D eigenvalue weighted by atomic mass is 10.1. The second-order valence-electron chi connectivity index (χ2n) is 6.76. The maximum Gasteiger partial charge on any atom is 0.303 e. The van der Waals surface area contributed by atoms with Gasteiger partial charge >= 0.3 is 5.97 Å². The Hall–Kier alpha value is -2.54. The van der Waals surface area contributed by atoms with Gasteiger partial charge in [0.15, 0.2) is 0 Å². The van der Waals surface area contributed by atoms with Crippen LogP contribution >= 0.6 is 0 Å². The highest BCUT2D eigenvalue weighted by Crippen LogP contribution is 2.37. The number of carbonyl (C=O) groups is 1. The van der Waals surface area contributed by atoms with Gasteiger partial charge in [-0.2, -0.15) is 0 Å². The number of carboxylic acid groups (broad SMARTS) is 1. The van der Waals surface area contributed by atoms with Crippen LogP contribution in [0.4, 0.5) is 5.69 Å². The number of nitrogens with zero attached hydrogens (tertiary/aromatic N) is 1. The van der Waals surface area contributed by atoms with Crippen molar-refractivity contribution in [3.8, 4) is 5.75 Å². The van der Waals surface area contributed by atoms with E-state index in [2.05, 4.69) is 0 Å². The van der Waals surface area contributed by atoms with Crippen LogP contribution in [0.15, 0.2) is 47.4 Å². The lowest BCUT2D eigenvalue weighted by molar-refractivity contribution is -0.137. The van der Waals surface area contributed by atoms with Gasteiger partial charge in [0.25, 0.3) is 10.0 Å². The van der Waals surface area contributed by atoms with Gasteiger partial charge in [-0.1, -0.05) is 18.2 Å². The number of carboxylic acids is 1. The van der Waals surface area contributed by atoms with Gasteiger partial charge in [-0.05, 0) is 62.1 Å². The van der Waals surface area contributed by atoms with Gasteiger partial charge in [-0.15, -0.1) is 0 Å². The summed E-state index contributed by atoms with van der Waals surface area (Å²) in [4.78, 5) is 10.8. The molecule has 144 valence electrons. The first-order valence-electron chi connectivity index (χ1n) is 8.88.